The average Bonchev–Trinajstić information content (AvgIpc) is 3.45. The quantitative estimate of drug-likeness (QED) is 0.334. The number of amides is 1. The van der Waals surface area contributed by atoms with Crippen LogP contribution in [0.2, 0.25) is 0 Å². The summed E-state index contributed by atoms with van der Waals surface area (Å²) in [5.41, 5.74) is 3.98. The van der Waals surface area contributed by atoms with Crippen LogP contribution < -0.4 is 10.6 Å². The molecule has 0 bridgehead atoms. The third-order valence-corrected chi connectivity index (χ3v) is 5.26. The van der Waals surface area contributed by atoms with Gasteiger partial charge in [0.05, 0.1) is 6.54 Å². The van der Waals surface area contributed by atoms with E-state index in [0.29, 0.717) is 12.6 Å². The molecule has 1 aromatic carbocycles. The lowest BCUT2D eigenvalue weighted by molar-refractivity contribution is -0.122. The van der Waals surface area contributed by atoms with Gasteiger partial charge in [-0.1, -0.05) is 29.3 Å². The van der Waals surface area contributed by atoms with Crippen LogP contribution in [-0.2, 0) is 11.2 Å². The van der Waals surface area contributed by atoms with E-state index in [-0.39, 0.29) is 29.9 Å². The summed E-state index contributed by atoms with van der Waals surface area (Å²) in [7, 11) is 0. The third kappa shape index (κ3) is 8.12. The third-order valence-electron chi connectivity index (χ3n) is 5.26. The van der Waals surface area contributed by atoms with Crippen LogP contribution in [0.3, 0.4) is 0 Å². The van der Waals surface area contributed by atoms with Gasteiger partial charge in [-0.3, -0.25) is 14.7 Å². The molecular weight excluding hydrogens is 477 g/mol. The normalized spacial score (nSPS) is 17.6. The Labute approximate surface area is 192 Å². The zero-order valence-corrected chi connectivity index (χ0v) is 20.4. The second-order valence-electron chi connectivity index (χ2n) is 8.09. The maximum Gasteiger partial charge on any atom is 0.234 e. The fourth-order valence-electron chi connectivity index (χ4n) is 3.75. The van der Waals surface area contributed by atoms with Crippen molar-refractivity contribution in [3.63, 3.8) is 0 Å². The SMILES string of the molecule is CCNC(=NCCc1cc(C)cc(C)c1)N1CCN(CC(=O)NC2CC2)CC1.I. The number of aliphatic imine (C=N–C) groups is 1. The average molecular weight is 513 g/mol. The lowest BCUT2D eigenvalue weighted by atomic mass is 10.1. The van der Waals surface area contributed by atoms with Gasteiger partial charge in [-0.05, 0) is 45.6 Å². The molecule has 0 radical (unpaired) electrons. The highest BCUT2D eigenvalue weighted by Crippen LogP contribution is 2.18. The minimum absolute atomic E-state index is 0. The molecule has 0 atom stereocenters. The summed E-state index contributed by atoms with van der Waals surface area (Å²) >= 11 is 0. The van der Waals surface area contributed by atoms with E-state index in [1.807, 2.05) is 0 Å². The summed E-state index contributed by atoms with van der Waals surface area (Å²) < 4.78 is 0. The number of guanidine groups is 1. The van der Waals surface area contributed by atoms with Crippen LogP contribution in [0.4, 0.5) is 0 Å². The number of benzene rings is 1. The maximum absolute atomic E-state index is 12.0. The van der Waals surface area contributed by atoms with Crippen molar-refractivity contribution in [2.45, 2.75) is 46.1 Å². The number of hydrogen-bond acceptors (Lipinski definition) is 3. The summed E-state index contributed by atoms with van der Waals surface area (Å²) in [6.45, 7) is 12.2. The second kappa shape index (κ2) is 11.7. The monoisotopic (exact) mass is 513 g/mol. The number of carbonyl (C=O) groups is 1. The van der Waals surface area contributed by atoms with Gasteiger partial charge in [-0.2, -0.15) is 0 Å². The molecule has 0 aromatic heterocycles. The number of aryl methyl sites for hydroxylation is 2. The molecular formula is C22H36IN5O. The topological polar surface area (TPSA) is 60.0 Å². The molecule has 1 saturated carbocycles. The first-order valence-electron chi connectivity index (χ1n) is 10.7. The largest absolute Gasteiger partial charge is 0.357 e. The molecule has 2 aliphatic rings. The number of carbonyl (C=O) groups excluding carboxylic acids is 1. The van der Waals surface area contributed by atoms with Gasteiger partial charge in [-0.25, -0.2) is 0 Å². The lowest BCUT2D eigenvalue weighted by Gasteiger charge is -2.36. The van der Waals surface area contributed by atoms with E-state index in [9.17, 15) is 4.79 Å². The highest BCUT2D eigenvalue weighted by atomic mass is 127. The summed E-state index contributed by atoms with van der Waals surface area (Å²) in [6.07, 6.45) is 3.24. The van der Waals surface area contributed by atoms with Crippen LogP contribution in [0.5, 0.6) is 0 Å². The maximum atomic E-state index is 12.0. The number of nitrogens with one attached hydrogen (secondary N) is 2. The Morgan fingerprint density at radius 1 is 1.10 bits per heavy atom. The molecule has 1 saturated heterocycles. The molecule has 162 valence electrons. The smallest absolute Gasteiger partial charge is 0.234 e. The molecule has 29 heavy (non-hydrogen) atoms. The first-order chi connectivity index (χ1) is 13.5. The summed E-state index contributed by atoms with van der Waals surface area (Å²) in [5, 5.41) is 6.51. The number of nitrogens with zero attached hydrogens (tertiary/aromatic N) is 3. The van der Waals surface area contributed by atoms with Crippen molar-refractivity contribution in [2.24, 2.45) is 4.99 Å². The number of rotatable bonds is 7. The lowest BCUT2D eigenvalue weighted by Crippen LogP contribution is -2.54. The molecule has 0 spiro atoms. The van der Waals surface area contributed by atoms with E-state index < -0.39 is 0 Å². The van der Waals surface area contributed by atoms with Crippen molar-refractivity contribution < 1.29 is 4.79 Å². The predicted molar refractivity (Wildman–Crippen MR) is 130 cm³/mol. The van der Waals surface area contributed by atoms with E-state index in [1.165, 1.54) is 16.7 Å². The highest BCUT2D eigenvalue weighted by Gasteiger charge is 2.25. The van der Waals surface area contributed by atoms with Gasteiger partial charge in [0, 0.05) is 45.3 Å². The molecule has 6 nitrogen and oxygen atoms in total. The van der Waals surface area contributed by atoms with Gasteiger partial charge >= 0.3 is 0 Å². The molecule has 2 N–H and O–H groups in total. The predicted octanol–water partition coefficient (Wildman–Crippen LogP) is 2.33. The van der Waals surface area contributed by atoms with Crippen molar-refractivity contribution in [2.75, 3.05) is 45.8 Å². The van der Waals surface area contributed by atoms with E-state index >= 15 is 0 Å². The van der Waals surface area contributed by atoms with Crippen molar-refractivity contribution >= 4 is 35.8 Å². The fourth-order valence-corrected chi connectivity index (χ4v) is 3.75. The Balaban J connectivity index is 0.00000300. The fraction of sp³-hybridized carbons (Fsp3) is 0.636. The molecule has 1 aromatic rings. The number of halogens is 1. The van der Waals surface area contributed by atoms with Gasteiger partial charge in [0.15, 0.2) is 5.96 Å². The van der Waals surface area contributed by atoms with Gasteiger partial charge in [0.2, 0.25) is 5.91 Å². The summed E-state index contributed by atoms with van der Waals surface area (Å²) in [5.74, 6) is 1.17. The first-order valence-corrected chi connectivity index (χ1v) is 10.7. The zero-order chi connectivity index (χ0) is 19.9. The van der Waals surface area contributed by atoms with Crippen LogP contribution in [0.15, 0.2) is 23.2 Å². The standard InChI is InChI=1S/C22H35N5O.HI/c1-4-23-22(24-8-7-19-14-17(2)13-18(3)15-19)27-11-9-26(10-12-27)16-21(28)25-20-5-6-20;/h13-15,20H,4-12,16H2,1-3H3,(H,23,24)(H,25,28);1H. The van der Waals surface area contributed by atoms with E-state index in [4.69, 9.17) is 4.99 Å². The minimum atomic E-state index is 0. The molecule has 3 rings (SSSR count). The number of piperazine rings is 1. The molecule has 7 heteroatoms. The van der Waals surface area contributed by atoms with Crippen molar-refractivity contribution in [1.82, 2.24) is 20.4 Å². The Morgan fingerprint density at radius 3 is 2.34 bits per heavy atom. The van der Waals surface area contributed by atoms with Crippen LogP contribution in [0, 0.1) is 13.8 Å². The van der Waals surface area contributed by atoms with Gasteiger partial charge in [-0.15, -0.1) is 24.0 Å². The van der Waals surface area contributed by atoms with Gasteiger partial charge in [0.25, 0.3) is 0 Å². The van der Waals surface area contributed by atoms with Crippen LogP contribution in [-0.4, -0.2) is 73.5 Å². The Bertz CT molecular complexity index is 676. The minimum Gasteiger partial charge on any atom is -0.357 e. The molecule has 1 aliphatic heterocycles. The molecule has 1 amide bonds. The Morgan fingerprint density at radius 2 is 1.76 bits per heavy atom. The van der Waals surface area contributed by atoms with Crippen LogP contribution in [0.25, 0.3) is 0 Å². The number of hydrogen-bond donors (Lipinski definition) is 2. The van der Waals surface area contributed by atoms with Crippen molar-refractivity contribution in [3.8, 4) is 0 Å². The molecule has 2 fully saturated rings. The van der Waals surface area contributed by atoms with E-state index in [0.717, 1.165) is 64.5 Å². The zero-order valence-electron chi connectivity index (χ0n) is 18.0. The highest BCUT2D eigenvalue weighted by molar-refractivity contribution is 14.0. The van der Waals surface area contributed by atoms with Crippen LogP contribution in [0.1, 0.15) is 36.5 Å². The summed E-state index contributed by atoms with van der Waals surface area (Å²) in [4.78, 5) is 21.4. The Hall–Kier alpha value is -1.35. The second-order valence-corrected chi connectivity index (χ2v) is 8.09. The van der Waals surface area contributed by atoms with Crippen molar-refractivity contribution in [1.29, 1.82) is 0 Å². The van der Waals surface area contributed by atoms with Crippen LogP contribution >= 0.6 is 24.0 Å². The molecule has 1 aliphatic carbocycles. The molecule has 1 heterocycles. The Kier molecular flexibility index (Phi) is 9.68. The van der Waals surface area contributed by atoms with E-state index in [1.54, 1.807) is 0 Å². The van der Waals surface area contributed by atoms with Gasteiger partial charge < -0.3 is 15.5 Å². The van der Waals surface area contributed by atoms with E-state index in [2.05, 4.69) is 59.4 Å². The van der Waals surface area contributed by atoms with Gasteiger partial charge in [0.1, 0.15) is 0 Å². The van der Waals surface area contributed by atoms with Crippen molar-refractivity contribution in [3.05, 3.63) is 34.9 Å². The first kappa shape index (κ1) is 23.9. The molecule has 0 unspecified atom stereocenters. The summed E-state index contributed by atoms with van der Waals surface area (Å²) in [6, 6.07) is 7.15.